The molecule has 2 aliphatic rings. The van der Waals surface area contributed by atoms with Crippen LogP contribution in [0.1, 0.15) is 56.2 Å². The number of hydrogen-bond donors (Lipinski definition) is 2. The van der Waals surface area contributed by atoms with Crippen LogP contribution in [0.3, 0.4) is 0 Å². The third-order valence-corrected chi connectivity index (χ3v) is 7.48. The van der Waals surface area contributed by atoms with E-state index in [1.54, 1.807) is 18.3 Å². The standard InChI is InChI=1S/C30H32N6O2/c1-21-2-5-25(30(38)36-14-10-24(11-15-36)23-6-3-22(19-31)4-7-23)18-27(21)34-29(37)26-8-9-28(33-20-26)35-16-12-32-13-17-35/h2-9,18,20,24,32H,10-17H2,1H3,(H,34,37). The summed E-state index contributed by atoms with van der Waals surface area (Å²) in [6.45, 7) is 6.89. The molecule has 3 aromatic rings. The van der Waals surface area contributed by atoms with Crippen LogP contribution in [0.4, 0.5) is 11.5 Å². The molecule has 2 amide bonds. The number of likely N-dealkylation sites (tertiary alicyclic amines) is 1. The van der Waals surface area contributed by atoms with Crippen LogP contribution < -0.4 is 15.5 Å². The monoisotopic (exact) mass is 508 g/mol. The second-order valence-electron chi connectivity index (χ2n) is 9.93. The Kier molecular flexibility index (Phi) is 7.66. The normalized spacial score (nSPS) is 16.1. The first kappa shape index (κ1) is 25.4. The summed E-state index contributed by atoms with van der Waals surface area (Å²) in [7, 11) is 0. The Morgan fingerprint density at radius 2 is 1.68 bits per heavy atom. The number of hydrogen-bond acceptors (Lipinski definition) is 6. The number of benzene rings is 2. The maximum Gasteiger partial charge on any atom is 0.257 e. The molecular weight excluding hydrogens is 476 g/mol. The number of nitrogens with one attached hydrogen (secondary N) is 2. The minimum Gasteiger partial charge on any atom is -0.354 e. The van der Waals surface area contributed by atoms with Gasteiger partial charge in [0, 0.05) is 56.7 Å². The largest absolute Gasteiger partial charge is 0.354 e. The lowest BCUT2D eigenvalue weighted by atomic mass is 9.89. The Bertz CT molecular complexity index is 1330. The highest BCUT2D eigenvalue weighted by Crippen LogP contribution is 2.29. The lowest BCUT2D eigenvalue weighted by Gasteiger charge is -2.32. The van der Waals surface area contributed by atoms with E-state index < -0.39 is 0 Å². The van der Waals surface area contributed by atoms with Gasteiger partial charge in [0.2, 0.25) is 0 Å². The van der Waals surface area contributed by atoms with E-state index in [0.29, 0.717) is 41.4 Å². The minimum absolute atomic E-state index is 0.0270. The van der Waals surface area contributed by atoms with Gasteiger partial charge in [0.05, 0.1) is 17.2 Å². The van der Waals surface area contributed by atoms with Gasteiger partial charge in [-0.15, -0.1) is 0 Å². The smallest absolute Gasteiger partial charge is 0.257 e. The lowest BCUT2D eigenvalue weighted by molar-refractivity contribution is 0.0712. The van der Waals surface area contributed by atoms with Crippen LogP contribution in [0, 0.1) is 18.3 Å². The van der Waals surface area contributed by atoms with Crippen molar-refractivity contribution in [2.75, 3.05) is 49.5 Å². The molecule has 0 aliphatic carbocycles. The molecule has 0 bridgehead atoms. The van der Waals surface area contributed by atoms with E-state index in [-0.39, 0.29) is 11.8 Å². The number of amides is 2. The summed E-state index contributed by atoms with van der Waals surface area (Å²) in [5, 5.41) is 15.3. The Morgan fingerprint density at radius 3 is 2.34 bits per heavy atom. The van der Waals surface area contributed by atoms with Gasteiger partial charge in [0.25, 0.3) is 11.8 Å². The van der Waals surface area contributed by atoms with Crippen molar-refractivity contribution in [3.63, 3.8) is 0 Å². The topological polar surface area (TPSA) is 101 Å². The van der Waals surface area contributed by atoms with Crippen molar-refractivity contribution in [2.24, 2.45) is 0 Å². The molecule has 0 radical (unpaired) electrons. The SMILES string of the molecule is Cc1ccc(C(=O)N2CCC(c3ccc(C#N)cc3)CC2)cc1NC(=O)c1ccc(N2CCNCC2)nc1. The molecule has 194 valence electrons. The van der Waals surface area contributed by atoms with Crippen molar-refractivity contribution < 1.29 is 9.59 Å². The van der Waals surface area contributed by atoms with Crippen molar-refractivity contribution >= 4 is 23.3 Å². The third kappa shape index (κ3) is 5.68. The van der Waals surface area contributed by atoms with Crippen LogP contribution in [-0.2, 0) is 0 Å². The van der Waals surface area contributed by atoms with Gasteiger partial charge < -0.3 is 20.4 Å². The predicted octanol–water partition coefficient (Wildman–Crippen LogP) is 3.94. The molecule has 0 spiro atoms. The molecule has 2 fully saturated rings. The maximum atomic E-state index is 13.3. The first-order chi connectivity index (χ1) is 18.5. The van der Waals surface area contributed by atoms with Crippen molar-refractivity contribution in [3.8, 4) is 6.07 Å². The van der Waals surface area contributed by atoms with E-state index in [1.165, 1.54) is 5.56 Å². The first-order valence-electron chi connectivity index (χ1n) is 13.1. The van der Waals surface area contributed by atoms with E-state index >= 15 is 0 Å². The summed E-state index contributed by atoms with van der Waals surface area (Å²) in [4.78, 5) is 34.8. The third-order valence-electron chi connectivity index (χ3n) is 7.48. The number of piperidine rings is 1. The number of carbonyl (C=O) groups excluding carboxylic acids is 2. The summed E-state index contributed by atoms with van der Waals surface area (Å²) in [5.41, 5.74) is 4.43. The zero-order chi connectivity index (χ0) is 26.5. The van der Waals surface area contributed by atoms with Crippen LogP contribution >= 0.6 is 0 Å². The number of piperazine rings is 1. The van der Waals surface area contributed by atoms with E-state index in [2.05, 4.69) is 26.6 Å². The molecule has 38 heavy (non-hydrogen) atoms. The summed E-state index contributed by atoms with van der Waals surface area (Å²) in [6, 6.07) is 19.0. The quantitative estimate of drug-likeness (QED) is 0.541. The number of pyridine rings is 1. The Balaban J connectivity index is 1.21. The number of aromatic nitrogens is 1. The van der Waals surface area contributed by atoms with Crippen molar-refractivity contribution in [1.29, 1.82) is 5.26 Å². The fourth-order valence-corrected chi connectivity index (χ4v) is 5.11. The maximum absolute atomic E-state index is 13.3. The summed E-state index contributed by atoms with van der Waals surface area (Å²) >= 11 is 0. The molecule has 2 aliphatic heterocycles. The highest BCUT2D eigenvalue weighted by molar-refractivity contribution is 6.05. The van der Waals surface area contributed by atoms with Gasteiger partial charge in [0.15, 0.2) is 0 Å². The van der Waals surface area contributed by atoms with Crippen molar-refractivity contribution in [1.82, 2.24) is 15.2 Å². The van der Waals surface area contributed by atoms with E-state index in [0.717, 1.165) is 50.4 Å². The second kappa shape index (κ2) is 11.4. The van der Waals surface area contributed by atoms with E-state index in [1.807, 2.05) is 54.3 Å². The first-order valence-corrected chi connectivity index (χ1v) is 13.1. The Labute approximate surface area is 223 Å². The summed E-state index contributed by atoms with van der Waals surface area (Å²) in [5.74, 6) is 0.974. The van der Waals surface area contributed by atoms with Gasteiger partial charge in [-0.05, 0) is 73.2 Å². The fourth-order valence-electron chi connectivity index (χ4n) is 5.11. The molecule has 5 rings (SSSR count). The zero-order valence-electron chi connectivity index (χ0n) is 21.6. The van der Waals surface area contributed by atoms with Gasteiger partial charge in [-0.25, -0.2) is 4.98 Å². The van der Waals surface area contributed by atoms with Gasteiger partial charge in [-0.3, -0.25) is 9.59 Å². The number of rotatable bonds is 5. The van der Waals surface area contributed by atoms with Crippen molar-refractivity contribution in [2.45, 2.75) is 25.7 Å². The molecule has 2 N–H and O–H groups in total. The van der Waals surface area contributed by atoms with Gasteiger partial charge in [0.1, 0.15) is 5.82 Å². The minimum atomic E-state index is -0.250. The number of nitriles is 1. The van der Waals surface area contributed by atoms with Gasteiger partial charge in [-0.2, -0.15) is 5.26 Å². The summed E-state index contributed by atoms with van der Waals surface area (Å²) < 4.78 is 0. The van der Waals surface area contributed by atoms with Crippen LogP contribution in [0.25, 0.3) is 0 Å². The number of aryl methyl sites for hydroxylation is 1. The molecule has 1 aromatic heterocycles. The molecule has 8 heteroatoms. The molecule has 2 aromatic carbocycles. The molecule has 3 heterocycles. The molecule has 8 nitrogen and oxygen atoms in total. The highest BCUT2D eigenvalue weighted by atomic mass is 16.2. The average molecular weight is 509 g/mol. The van der Waals surface area contributed by atoms with Crippen LogP contribution in [0.5, 0.6) is 0 Å². The van der Waals surface area contributed by atoms with Gasteiger partial charge in [-0.1, -0.05) is 18.2 Å². The number of anilines is 2. The number of carbonyl (C=O) groups is 2. The Hall–Kier alpha value is -4.22. The predicted molar refractivity (Wildman–Crippen MR) is 147 cm³/mol. The molecule has 0 unspecified atom stereocenters. The number of nitrogens with zero attached hydrogens (tertiary/aromatic N) is 4. The fraction of sp³-hybridized carbons (Fsp3) is 0.333. The molecule has 2 saturated heterocycles. The zero-order valence-corrected chi connectivity index (χ0v) is 21.6. The second-order valence-corrected chi connectivity index (χ2v) is 9.93. The highest BCUT2D eigenvalue weighted by Gasteiger charge is 2.25. The molecular formula is C30H32N6O2. The summed E-state index contributed by atoms with van der Waals surface area (Å²) in [6.07, 6.45) is 3.36. The molecule has 0 saturated carbocycles. The van der Waals surface area contributed by atoms with E-state index in [4.69, 9.17) is 5.26 Å². The van der Waals surface area contributed by atoms with Crippen LogP contribution in [0.15, 0.2) is 60.8 Å². The van der Waals surface area contributed by atoms with E-state index in [9.17, 15) is 9.59 Å². The Morgan fingerprint density at radius 1 is 0.974 bits per heavy atom. The van der Waals surface area contributed by atoms with Crippen molar-refractivity contribution in [3.05, 3.63) is 88.6 Å². The lowest BCUT2D eigenvalue weighted by Crippen LogP contribution is -2.43. The van der Waals surface area contributed by atoms with Crippen LogP contribution in [0.2, 0.25) is 0 Å². The average Bonchev–Trinajstić information content (AvgIpc) is 2.98. The molecule has 0 atom stereocenters. The van der Waals surface area contributed by atoms with Crippen LogP contribution in [-0.4, -0.2) is 61.0 Å². The van der Waals surface area contributed by atoms with Gasteiger partial charge >= 0.3 is 0 Å².